The van der Waals surface area contributed by atoms with Crippen LogP contribution < -0.4 is 5.32 Å². The van der Waals surface area contributed by atoms with Gasteiger partial charge in [0.05, 0.1) is 11.8 Å². The molecular weight excluding hydrogens is 287 g/mol. The molecule has 0 bridgehead atoms. The first-order valence-corrected chi connectivity index (χ1v) is 8.01. The number of rotatable bonds is 7. The minimum absolute atomic E-state index is 0.240. The van der Waals surface area contributed by atoms with Crippen molar-refractivity contribution in [3.05, 3.63) is 41.2 Å². The van der Waals surface area contributed by atoms with Crippen LogP contribution in [-0.4, -0.2) is 22.7 Å². The van der Waals surface area contributed by atoms with Gasteiger partial charge < -0.3 is 10.4 Å². The van der Waals surface area contributed by atoms with Gasteiger partial charge in [0.2, 0.25) is 0 Å². The molecule has 1 unspecified atom stereocenters. The molecule has 0 amide bonds. The van der Waals surface area contributed by atoms with Crippen LogP contribution in [0, 0.1) is 11.7 Å². The fourth-order valence-electron chi connectivity index (χ4n) is 2.11. The van der Waals surface area contributed by atoms with Crippen LogP contribution >= 0.6 is 11.3 Å². The van der Waals surface area contributed by atoms with Gasteiger partial charge in [-0.2, -0.15) is 0 Å². The third kappa shape index (κ3) is 5.19. The molecule has 0 aliphatic carbocycles. The van der Waals surface area contributed by atoms with Gasteiger partial charge in [-0.3, -0.25) is 0 Å². The summed E-state index contributed by atoms with van der Waals surface area (Å²) in [6.07, 6.45) is 0.477. The highest BCUT2D eigenvalue weighted by Crippen LogP contribution is 2.23. The number of aromatic nitrogens is 1. The van der Waals surface area contributed by atoms with E-state index in [-0.39, 0.29) is 11.9 Å². The van der Waals surface area contributed by atoms with E-state index in [2.05, 4.69) is 24.1 Å². The molecule has 0 saturated carbocycles. The van der Waals surface area contributed by atoms with E-state index >= 15 is 0 Å². The smallest absolute Gasteiger partial charge is 0.123 e. The normalized spacial score (nSPS) is 12.8. The van der Waals surface area contributed by atoms with Gasteiger partial charge >= 0.3 is 0 Å². The first-order chi connectivity index (χ1) is 10.0. The average molecular weight is 308 g/mol. The Hall–Kier alpha value is -1.30. The lowest BCUT2D eigenvalue weighted by Crippen LogP contribution is -2.27. The molecule has 2 N–H and O–H groups in total. The van der Waals surface area contributed by atoms with Crippen LogP contribution in [-0.2, 0) is 6.54 Å². The topological polar surface area (TPSA) is 45.1 Å². The first kappa shape index (κ1) is 16.1. The number of aliphatic hydroxyl groups excluding tert-OH is 1. The molecular formula is C16H21FN2OS. The molecule has 1 heterocycles. The average Bonchev–Trinajstić information content (AvgIpc) is 2.87. The summed E-state index contributed by atoms with van der Waals surface area (Å²) in [4.78, 5) is 4.52. The van der Waals surface area contributed by atoms with E-state index in [1.165, 1.54) is 12.1 Å². The Kier molecular flexibility index (Phi) is 5.85. The van der Waals surface area contributed by atoms with Crippen LogP contribution in [0.15, 0.2) is 29.6 Å². The standard InChI is InChI=1S/C16H21FN2OS/c1-11(2)7-15(20)9-18-8-14-10-21-16(19-14)12-3-5-13(17)6-4-12/h3-6,10-11,15,18,20H,7-9H2,1-2H3. The predicted octanol–water partition coefficient (Wildman–Crippen LogP) is 3.45. The van der Waals surface area contributed by atoms with Crippen molar-refractivity contribution in [2.75, 3.05) is 6.54 Å². The maximum atomic E-state index is 12.9. The van der Waals surface area contributed by atoms with Gasteiger partial charge in [0.15, 0.2) is 0 Å². The summed E-state index contributed by atoms with van der Waals surface area (Å²) >= 11 is 1.54. The SMILES string of the molecule is CC(C)CC(O)CNCc1csc(-c2ccc(F)cc2)n1. The van der Waals surface area contributed by atoms with E-state index in [9.17, 15) is 9.50 Å². The van der Waals surface area contributed by atoms with Crippen LogP contribution in [0.25, 0.3) is 10.6 Å². The second-order valence-electron chi connectivity index (χ2n) is 5.57. The zero-order valence-electron chi connectivity index (χ0n) is 12.3. The van der Waals surface area contributed by atoms with E-state index in [1.807, 2.05) is 5.38 Å². The Bertz CT molecular complexity index is 554. The summed E-state index contributed by atoms with van der Waals surface area (Å²) in [5.74, 6) is 0.252. The van der Waals surface area contributed by atoms with Crippen molar-refractivity contribution < 1.29 is 9.50 Å². The highest BCUT2D eigenvalue weighted by molar-refractivity contribution is 7.13. The predicted molar refractivity (Wildman–Crippen MR) is 84.7 cm³/mol. The number of hydrogen-bond donors (Lipinski definition) is 2. The number of aliphatic hydroxyl groups is 1. The van der Waals surface area contributed by atoms with E-state index in [0.717, 1.165) is 22.7 Å². The quantitative estimate of drug-likeness (QED) is 0.823. The Morgan fingerprint density at radius 2 is 2.00 bits per heavy atom. The molecule has 1 aromatic heterocycles. The second-order valence-corrected chi connectivity index (χ2v) is 6.42. The monoisotopic (exact) mass is 308 g/mol. The van der Waals surface area contributed by atoms with Crippen LogP contribution in [0.4, 0.5) is 4.39 Å². The maximum Gasteiger partial charge on any atom is 0.123 e. The molecule has 21 heavy (non-hydrogen) atoms. The number of thiazole rings is 1. The van der Waals surface area contributed by atoms with Gasteiger partial charge in [0, 0.05) is 24.0 Å². The third-order valence-corrected chi connectivity index (χ3v) is 4.01. The summed E-state index contributed by atoms with van der Waals surface area (Å²) in [5, 5.41) is 15.9. The number of nitrogens with zero attached hydrogens (tertiary/aromatic N) is 1. The number of benzene rings is 1. The van der Waals surface area contributed by atoms with Crippen LogP contribution in [0.3, 0.4) is 0 Å². The van der Waals surface area contributed by atoms with Crippen LogP contribution in [0.1, 0.15) is 26.0 Å². The van der Waals surface area contributed by atoms with Crippen molar-refractivity contribution in [2.24, 2.45) is 5.92 Å². The Morgan fingerprint density at radius 1 is 1.29 bits per heavy atom. The van der Waals surface area contributed by atoms with E-state index in [1.54, 1.807) is 23.5 Å². The van der Waals surface area contributed by atoms with Crippen molar-refractivity contribution in [3.8, 4) is 10.6 Å². The lowest BCUT2D eigenvalue weighted by molar-refractivity contribution is 0.146. The minimum Gasteiger partial charge on any atom is -0.392 e. The van der Waals surface area contributed by atoms with E-state index in [4.69, 9.17) is 0 Å². The maximum absolute atomic E-state index is 12.9. The summed E-state index contributed by atoms with van der Waals surface area (Å²) in [5.41, 5.74) is 1.86. The zero-order chi connectivity index (χ0) is 15.2. The van der Waals surface area contributed by atoms with Gasteiger partial charge in [-0.15, -0.1) is 11.3 Å². The van der Waals surface area contributed by atoms with E-state index < -0.39 is 0 Å². The summed E-state index contributed by atoms with van der Waals surface area (Å²) < 4.78 is 12.9. The summed E-state index contributed by atoms with van der Waals surface area (Å²) in [6, 6.07) is 6.35. The van der Waals surface area contributed by atoms with Crippen molar-refractivity contribution in [1.82, 2.24) is 10.3 Å². The second kappa shape index (κ2) is 7.64. The van der Waals surface area contributed by atoms with Gasteiger partial charge in [-0.05, 0) is 36.6 Å². The van der Waals surface area contributed by atoms with E-state index in [0.29, 0.717) is 19.0 Å². The molecule has 5 heteroatoms. The van der Waals surface area contributed by atoms with Crippen molar-refractivity contribution >= 4 is 11.3 Å². The molecule has 2 rings (SSSR count). The molecule has 0 saturated heterocycles. The van der Waals surface area contributed by atoms with Crippen LogP contribution in [0.2, 0.25) is 0 Å². The van der Waals surface area contributed by atoms with Crippen molar-refractivity contribution in [2.45, 2.75) is 32.9 Å². The molecule has 0 radical (unpaired) electrons. The Balaban J connectivity index is 1.84. The largest absolute Gasteiger partial charge is 0.392 e. The molecule has 114 valence electrons. The molecule has 1 aromatic carbocycles. The Morgan fingerprint density at radius 3 is 2.67 bits per heavy atom. The van der Waals surface area contributed by atoms with Gasteiger partial charge in [0.1, 0.15) is 10.8 Å². The highest BCUT2D eigenvalue weighted by Gasteiger charge is 2.08. The Labute approximate surface area is 128 Å². The molecule has 1 atom stereocenters. The van der Waals surface area contributed by atoms with Gasteiger partial charge in [0.25, 0.3) is 0 Å². The molecule has 0 aliphatic heterocycles. The first-order valence-electron chi connectivity index (χ1n) is 7.13. The highest BCUT2D eigenvalue weighted by atomic mass is 32.1. The van der Waals surface area contributed by atoms with Crippen molar-refractivity contribution in [1.29, 1.82) is 0 Å². The number of nitrogens with one attached hydrogen (secondary N) is 1. The lowest BCUT2D eigenvalue weighted by atomic mass is 10.1. The summed E-state index contributed by atoms with van der Waals surface area (Å²) in [6.45, 7) is 5.39. The minimum atomic E-state index is -0.319. The fraction of sp³-hybridized carbons (Fsp3) is 0.438. The van der Waals surface area contributed by atoms with Crippen LogP contribution in [0.5, 0.6) is 0 Å². The zero-order valence-corrected chi connectivity index (χ0v) is 13.2. The molecule has 3 nitrogen and oxygen atoms in total. The molecule has 0 fully saturated rings. The number of hydrogen-bond acceptors (Lipinski definition) is 4. The molecule has 0 spiro atoms. The van der Waals surface area contributed by atoms with Gasteiger partial charge in [-0.1, -0.05) is 13.8 Å². The molecule has 2 aromatic rings. The third-order valence-electron chi connectivity index (χ3n) is 3.07. The van der Waals surface area contributed by atoms with Crippen molar-refractivity contribution in [3.63, 3.8) is 0 Å². The fourth-order valence-corrected chi connectivity index (χ4v) is 2.93. The number of halogens is 1. The lowest BCUT2D eigenvalue weighted by Gasteiger charge is -2.13. The van der Waals surface area contributed by atoms with Gasteiger partial charge in [-0.25, -0.2) is 9.37 Å². The summed E-state index contributed by atoms with van der Waals surface area (Å²) in [7, 11) is 0. The molecule has 0 aliphatic rings.